The summed E-state index contributed by atoms with van der Waals surface area (Å²) in [6.07, 6.45) is 5.75. The molecule has 1 aliphatic heterocycles. The number of carbonyl (C=O) groups excluding carboxylic acids is 1. The smallest absolute Gasteiger partial charge is 0.235 e. The van der Waals surface area contributed by atoms with E-state index in [0.29, 0.717) is 0 Å². The molecule has 1 saturated heterocycles. The van der Waals surface area contributed by atoms with Crippen LogP contribution >= 0.6 is 0 Å². The lowest BCUT2D eigenvalue weighted by Gasteiger charge is -2.38. The van der Waals surface area contributed by atoms with Gasteiger partial charge in [0.1, 0.15) is 5.82 Å². The first-order valence-electron chi connectivity index (χ1n) is 7.09. The third kappa shape index (κ3) is 2.95. The molecule has 4 heteroatoms. The Hall–Kier alpha value is -1.42. The normalized spacial score (nSPS) is 23.1. The Morgan fingerprint density at radius 1 is 1.53 bits per heavy atom. The molecule has 1 aliphatic rings. The van der Waals surface area contributed by atoms with Gasteiger partial charge in [-0.1, -0.05) is 19.4 Å². The second-order valence-corrected chi connectivity index (χ2v) is 5.36. The van der Waals surface area contributed by atoms with Crippen LogP contribution in [0.2, 0.25) is 0 Å². The van der Waals surface area contributed by atoms with Gasteiger partial charge in [-0.3, -0.25) is 9.69 Å². The number of nitrogens with zero attached hydrogens (tertiary/aromatic N) is 2. The summed E-state index contributed by atoms with van der Waals surface area (Å²) >= 11 is 0. The van der Waals surface area contributed by atoms with Crippen LogP contribution in [0.3, 0.4) is 0 Å². The molecule has 1 aromatic rings. The van der Waals surface area contributed by atoms with Crippen LogP contribution in [0, 0.1) is 5.41 Å². The van der Waals surface area contributed by atoms with E-state index < -0.39 is 0 Å². The summed E-state index contributed by atoms with van der Waals surface area (Å²) in [4.78, 5) is 18.8. The number of hydrogen-bond donors (Lipinski definition) is 1. The highest BCUT2D eigenvalue weighted by molar-refractivity contribution is 5.96. The lowest BCUT2D eigenvalue weighted by Crippen LogP contribution is -2.51. The predicted octanol–water partition coefficient (Wildman–Crippen LogP) is 2.21. The van der Waals surface area contributed by atoms with Crippen molar-refractivity contribution in [1.29, 1.82) is 0 Å². The second-order valence-electron chi connectivity index (χ2n) is 5.36. The summed E-state index contributed by atoms with van der Waals surface area (Å²) in [5.41, 5.74) is -0.251. The third-order valence-corrected chi connectivity index (χ3v) is 3.95. The maximum absolute atomic E-state index is 12.9. The fourth-order valence-electron chi connectivity index (χ4n) is 2.96. The van der Waals surface area contributed by atoms with E-state index >= 15 is 0 Å². The molecule has 0 bridgehead atoms. The Kier molecular flexibility index (Phi) is 4.53. The molecule has 1 unspecified atom stereocenters. The Balaban J connectivity index is 2.19. The molecule has 0 aromatic carbocycles. The molecule has 104 valence electrons. The van der Waals surface area contributed by atoms with Crippen molar-refractivity contribution in [1.82, 2.24) is 10.3 Å². The topological polar surface area (TPSA) is 45.2 Å². The molecule has 2 heterocycles. The van der Waals surface area contributed by atoms with Crippen molar-refractivity contribution in [2.75, 3.05) is 25.0 Å². The summed E-state index contributed by atoms with van der Waals surface area (Å²) < 4.78 is 0. The van der Waals surface area contributed by atoms with Crippen LogP contribution < -0.4 is 10.2 Å². The van der Waals surface area contributed by atoms with Gasteiger partial charge in [0.25, 0.3) is 0 Å². The molecule has 19 heavy (non-hydrogen) atoms. The maximum Gasteiger partial charge on any atom is 0.235 e. The number of aromatic nitrogens is 1. The third-order valence-electron chi connectivity index (χ3n) is 3.95. The number of piperidine rings is 1. The SMILES string of the molecule is CCCC1(C(=O)N(C)c2ccccn2)CCCNC1. The molecule has 0 aliphatic carbocycles. The summed E-state index contributed by atoms with van der Waals surface area (Å²) in [6, 6.07) is 5.66. The van der Waals surface area contributed by atoms with E-state index in [4.69, 9.17) is 0 Å². The first-order valence-corrected chi connectivity index (χ1v) is 7.09. The van der Waals surface area contributed by atoms with Gasteiger partial charge in [0.05, 0.1) is 5.41 Å². The van der Waals surface area contributed by atoms with E-state index in [1.807, 2.05) is 25.2 Å². The van der Waals surface area contributed by atoms with Gasteiger partial charge < -0.3 is 5.32 Å². The molecule has 4 nitrogen and oxygen atoms in total. The molecular formula is C15H23N3O. The summed E-state index contributed by atoms with van der Waals surface area (Å²) in [5.74, 6) is 0.925. The molecule has 0 saturated carbocycles. The maximum atomic E-state index is 12.9. The van der Waals surface area contributed by atoms with Gasteiger partial charge >= 0.3 is 0 Å². The lowest BCUT2D eigenvalue weighted by atomic mass is 9.76. The number of carbonyl (C=O) groups is 1. The van der Waals surface area contributed by atoms with Crippen LogP contribution in [-0.4, -0.2) is 31.0 Å². The fourth-order valence-corrected chi connectivity index (χ4v) is 2.96. The van der Waals surface area contributed by atoms with Crippen LogP contribution in [-0.2, 0) is 4.79 Å². The largest absolute Gasteiger partial charge is 0.316 e. The zero-order valence-electron chi connectivity index (χ0n) is 11.9. The number of anilines is 1. The summed E-state index contributed by atoms with van der Waals surface area (Å²) in [7, 11) is 1.83. The van der Waals surface area contributed by atoms with Crippen molar-refractivity contribution in [3.8, 4) is 0 Å². The average molecular weight is 261 g/mol. The highest BCUT2D eigenvalue weighted by Crippen LogP contribution is 2.34. The van der Waals surface area contributed by atoms with Crippen LogP contribution in [0.5, 0.6) is 0 Å². The van der Waals surface area contributed by atoms with Gasteiger partial charge in [-0.15, -0.1) is 0 Å². The fraction of sp³-hybridized carbons (Fsp3) is 0.600. The lowest BCUT2D eigenvalue weighted by molar-refractivity contribution is -0.129. The molecule has 0 spiro atoms. The van der Waals surface area contributed by atoms with Gasteiger partial charge in [0, 0.05) is 19.8 Å². The number of amides is 1. The Morgan fingerprint density at radius 2 is 2.37 bits per heavy atom. The second kappa shape index (κ2) is 6.15. The molecular weight excluding hydrogens is 238 g/mol. The van der Waals surface area contributed by atoms with Crippen LogP contribution in [0.4, 0.5) is 5.82 Å². The van der Waals surface area contributed by atoms with E-state index in [0.717, 1.165) is 44.6 Å². The first-order chi connectivity index (χ1) is 9.19. The molecule has 1 aromatic heterocycles. The van der Waals surface area contributed by atoms with Crippen molar-refractivity contribution in [2.45, 2.75) is 32.6 Å². The van der Waals surface area contributed by atoms with Crippen molar-refractivity contribution in [3.63, 3.8) is 0 Å². The van der Waals surface area contributed by atoms with Gasteiger partial charge in [-0.25, -0.2) is 4.98 Å². The van der Waals surface area contributed by atoms with Crippen molar-refractivity contribution in [2.24, 2.45) is 5.41 Å². The minimum absolute atomic E-state index is 0.195. The van der Waals surface area contributed by atoms with Crippen molar-refractivity contribution >= 4 is 11.7 Å². The number of rotatable bonds is 4. The van der Waals surface area contributed by atoms with Crippen molar-refractivity contribution < 1.29 is 4.79 Å². The van der Waals surface area contributed by atoms with Crippen LogP contribution in [0.1, 0.15) is 32.6 Å². The van der Waals surface area contributed by atoms with E-state index in [2.05, 4.69) is 17.2 Å². The zero-order valence-corrected chi connectivity index (χ0v) is 11.9. The van der Waals surface area contributed by atoms with Crippen LogP contribution in [0.15, 0.2) is 24.4 Å². The van der Waals surface area contributed by atoms with Gasteiger partial charge in [0.2, 0.25) is 5.91 Å². The molecule has 1 N–H and O–H groups in total. The number of pyridine rings is 1. The minimum atomic E-state index is -0.251. The number of nitrogens with one attached hydrogen (secondary N) is 1. The van der Waals surface area contributed by atoms with Gasteiger partial charge in [0.15, 0.2) is 0 Å². The van der Waals surface area contributed by atoms with Gasteiger partial charge in [-0.2, -0.15) is 0 Å². The molecule has 0 radical (unpaired) electrons. The summed E-state index contributed by atoms with van der Waals surface area (Å²) in [6.45, 7) is 3.95. The first kappa shape index (κ1) is 14.0. The average Bonchev–Trinajstić information content (AvgIpc) is 2.48. The zero-order chi connectivity index (χ0) is 13.7. The molecule has 1 fully saturated rings. The molecule has 2 rings (SSSR count). The minimum Gasteiger partial charge on any atom is -0.316 e. The van der Waals surface area contributed by atoms with Crippen molar-refractivity contribution in [3.05, 3.63) is 24.4 Å². The highest BCUT2D eigenvalue weighted by Gasteiger charge is 2.40. The number of hydrogen-bond acceptors (Lipinski definition) is 3. The highest BCUT2D eigenvalue weighted by atomic mass is 16.2. The standard InChI is InChI=1S/C15H23N3O/c1-3-8-15(9-6-10-16-12-15)14(19)18(2)13-7-4-5-11-17-13/h4-5,7,11,16H,3,6,8-10,12H2,1-2H3. The Morgan fingerprint density at radius 3 is 2.95 bits per heavy atom. The van der Waals surface area contributed by atoms with Gasteiger partial charge in [-0.05, 0) is 37.9 Å². The van der Waals surface area contributed by atoms with Crippen LogP contribution in [0.25, 0.3) is 0 Å². The Bertz CT molecular complexity index is 407. The molecule has 1 atom stereocenters. The van der Waals surface area contributed by atoms with E-state index in [9.17, 15) is 4.79 Å². The monoisotopic (exact) mass is 261 g/mol. The quantitative estimate of drug-likeness (QED) is 0.904. The van der Waals surface area contributed by atoms with E-state index in [1.165, 1.54) is 0 Å². The van der Waals surface area contributed by atoms with E-state index in [1.54, 1.807) is 11.1 Å². The Labute approximate surface area is 115 Å². The molecule has 1 amide bonds. The predicted molar refractivity (Wildman–Crippen MR) is 77.1 cm³/mol. The van der Waals surface area contributed by atoms with E-state index in [-0.39, 0.29) is 11.3 Å². The summed E-state index contributed by atoms with van der Waals surface area (Å²) in [5, 5.41) is 3.38.